The van der Waals surface area contributed by atoms with Crippen molar-refractivity contribution in [1.82, 2.24) is 24.9 Å². The zero-order chi connectivity index (χ0) is 19.2. The molecule has 7 nitrogen and oxygen atoms in total. The van der Waals surface area contributed by atoms with Crippen LogP contribution in [0.4, 0.5) is 18.0 Å². The lowest BCUT2D eigenvalue weighted by Gasteiger charge is -2.49. The van der Waals surface area contributed by atoms with Crippen molar-refractivity contribution in [2.24, 2.45) is 5.92 Å². The van der Waals surface area contributed by atoms with Gasteiger partial charge in [0.25, 0.3) is 0 Å². The van der Waals surface area contributed by atoms with Gasteiger partial charge < -0.3 is 15.1 Å². The smallest absolute Gasteiger partial charge is 0.347 e. The molecule has 0 saturated carbocycles. The molecule has 0 radical (unpaired) electrons. The van der Waals surface area contributed by atoms with Crippen molar-refractivity contribution in [2.75, 3.05) is 26.2 Å². The number of aromatic nitrogens is 2. The molecule has 0 bridgehead atoms. The molecular weight excluding hydrogens is 363 g/mol. The molecule has 148 valence electrons. The van der Waals surface area contributed by atoms with Crippen molar-refractivity contribution in [1.29, 1.82) is 0 Å². The van der Waals surface area contributed by atoms with Crippen molar-refractivity contribution >= 4 is 11.9 Å². The fourth-order valence-corrected chi connectivity index (χ4v) is 4.30. The number of halogens is 3. The van der Waals surface area contributed by atoms with Crippen LogP contribution in [0, 0.1) is 5.92 Å². The predicted molar refractivity (Wildman–Crippen MR) is 88.6 cm³/mol. The van der Waals surface area contributed by atoms with E-state index in [9.17, 15) is 22.8 Å². The fraction of sp³-hybridized carbons (Fsp3) is 0.706. The number of hydrogen-bond acceptors (Lipinski definition) is 3. The maximum Gasteiger partial charge on any atom is 0.433 e. The lowest BCUT2D eigenvalue weighted by atomic mass is 9.88. The molecule has 3 saturated heterocycles. The van der Waals surface area contributed by atoms with E-state index in [4.69, 9.17) is 0 Å². The van der Waals surface area contributed by atoms with E-state index >= 15 is 0 Å². The van der Waals surface area contributed by atoms with Gasteiger partial charge in [-0.3, -0.25) is 9.48 Å². The molecule has 27 heavy (non-hydrogen) atoms. The lowest BCUT2D eigenvalue weighted by molar-refractivity contribution is -0.144. The Bertz CT molecular complexity index is 733. The van der Waals surface area contributed by atoms with Crippen LogP contribution in [-0.2, 0) is 17.5 Å². The van der Waals surface area contributed by atoms with Gasteiger partial charge in [-0.2, -0.15) is 18.3 Å². The summed E-state index contributed by atoms with van der Waals surface area (Å²) in [4.78, 5) is 27.5. The number of alkyl halides is 3. The summed E-state index contributed by atoms with van der Waals surface area (Å²) >= 11 is 0. The number of hydrogen-bond donors (Lipinski definition) is 1. The van der Waals surface area contributed by atoms with Crippen LogP contribution in [0.2, 0.25) is 0 Å². The van der Waals surface area contributed by atoms with Crippen LogP contribution >= 0.6 is 0 Å². The number of urea groups is 1. The summed E-state index contributed by atoms with van der Waals surface area (Å²) in [5.74, 6) is 0.103. The minimum Gasteiger partial charge on any atom is -0.347 e. The summed E-state index contributed by atoms with van der Waals surface area (Å²) in [5, 5.41) is 6.75. The van der Waals surface area contributed by atoms with E-state index in [0.717, 1.165) is 17.2 Å². The molecule has 3 aliphatic heterocycles. The Balaban J connectivity index is 1.27. The van der Waals surface area contributed by atoms with Gasteiger partial charge in [0.05, 0.1) is 5.54 Å². The zero-order valence-corrected chi connectivity index (χ0v) is 14.8. The van der Waals surface area contributed by atoms with Gasteiger partial charge in [-0.15, -0.1) is 0 Å². The number of nitrogens with one attached hydrogen (secondary N) is 1. The molecule has 1 aromatic rings. The molecule has 1 aromatic heterocycles. The van der Waals surface area contributed by atoms with Gasteiger partial charge in [0.2, 0.25) is 5.91 Å². The van der Waals surface area contributed by atoms with Crippen molar-refractivity contribution in [2.45, 2.75) is 43.9 Å². The van der Waals surface area contributed by atoms with E-state index in [0.29, 0.717) is 45.4 Å². The SMILES string of the molecule is O=C1CCC2(CN(C(=O)N3CCC(Cn4nccc4C(F)(F)F)CC3)C2)N1. The largest absolute Gasteiger partial charge is 0.433 e. The quantitative estimate of drug-likeness (QED) is 0.843. The van der Waals surface area contributed by atoms with Crippen molar-refractivity contribution in [3.8, 4) is 0 Å². The number of likely N-dealkylation sites (tertiary alicyclic amines) is 2. The average Bonchev–Trinajstić information content (AvgIpc) is 3.20. The second-order valence-electron chi connectivity index (χ2n) is 7.79. The molecule has 0 aromatic carbocycles. The Morgan fingerprint density at radius 2 is 1.96 bits per heavy atom. The molecule has 10 heteroatoms. The standard InChI is InChI=1S/C17H22F3N5O2/c18-17(19,20)13-2-6-21-25(13)9-12-3-7-23(8-4-12)15(27)24-10-16(11-24)5-1-14(26)22-16/h2,6,12H,1,3-5,7-11H2,(H,22,26). The van der Waals surface area contributed by atoms with Crippen LogP contribution in [0.1, 0.15) is 31.4 Å². The maximum atomic E-state index is 12.9. The third-order valence-corrected chi connectivity index (χ3v) is 5.82. The first-order valence-corrected chi connectivity index (χ1v) is 9.20. The summed E-state index contributed by atoms with van der Waals surface area (Å²) in [6, 6.07) is 0.940. The monoisotopic (exact) mass is 385 g/mol. The molecular formula is C17H22F3N5O2. The van der Waals surface area contributed by atoms with Crippen molar-refractivity contribution in [3.63, 3.8) is 0 Å². The van der Waals surface area contributed by atoms with Crippen LogP contribution in [-0.4, -0.2) is 63.2 Å². The molecule has 0 unspecified atom stereocenters. The lowest BCUT2D eigenvalue weighted by Crippen LogP contribution is -2.70. The van der Waals surface area contributed by atoms with E-state index in [-0.39, 0.29) is 29.9 Å². The molecule has 1 spiro atoms. The molecule has 0 aliphatic carbocycles. The van der Waals surface area contributed by atoms with E-state index in [2.05, 4.69) is 10.4 Å². The summed E-state index contributed by atoms with van der Waals surface area (Å²) in [5.41, 5.74) is -0.968. The molecule has 4 heterocycles. The van der Waals surface area contributed by atoms with Gasteiger partial charge in [-0.05, 0) is 31.2 Å². The number of rotatable bonds is 2. The van der Waals surface area contributed by atoms with Gasteiger partial charge in [0, 0.05) is 45.3 Å². The molecule has 3 fully saturated rings. The molecule has 0 atom stereocenters. The highest BCUT2D eigenvalue weighted by atomic mass is 19.4. The minimum atomic E-state index is -4.41. The zero-order valence-electron chi connectivity index (χ0n) is 14.8. The predicted octanol–water partition coefficient (Wildman–Crippen LogP) is 1.70. The highest BCUT2D eigenvalue weighted by Gasteiger charge is 2.50. The van der Waals surface area contributed by atoms with E-state index < -0.39 is 11.9 Å². The number of amides is 3. The van der Waals surface area contributed by atoms with Crippen LogP contribution in [0.3, 0.4) is 0 Å². The van der Waals surface area contributed by atoms with Gasteiger partial charge in [0.15, 0.2) is 0 Å². The summed E-state index contributed by atoms with van der Waals surface area (Å²) in [6.45, 7) is 2.35. The second kappa shape index (κ2) is 6.42. The highest BCUT2D eigenvalue weighted by molar-refractivity contribution is 5.82. The average molecular weight is 385 g/mol. The summed E-state index contributed by atoms with van der Waals surface area (Å²) < 4.78 is 39.8. The fourth-order valence-electron chi connectivity index (χ4n) is 4.30. The van der Waals surface area contributed by atoms with Crippen molar-refractivity contribution in [3.05, 3.63) is 18.0 Å². The third kappa shape index (κ3) is 3.49. The normalized spacial score (nSPS) is 22.9. The first kappa shape index (κ1) is 18.1. The number of piperidine rings is 1. The molecule has 3 aliphatic rings. The Hall–Kier alpha value is -2.26. The Kier molecular flexibility index (Phi) is 4.31. The van der Waals surface area contributed by atoms with Gasteiger partial charge in [-0.1, -0.05) is 0 Å². The second-order valence-corrected chi connectivity index (χ2v) is 7.79. The van der Waals surface area contributed by atoms with Gasteiger partial charge in [-0.25, -0.2) is 4.79 Å². The Labute approximate surface area is 154 Å². The van der Waals surface area contributed by atoms with E-state index in [1.54, 1.807) is 9.80 Å². The number of carbonyl (C=O) groups excluding carboxylic acids is 2. The van der Waals surface area contributed by atoms with E-state index in [1.807, 2.05) is 0 Å². The molecule has 1 N–H and O–H groups in total. The van der Waals surface area contributed by atoms with Crippen LogP contribution in [0.15, 0.2) is 12.3 Å². The highest BCUT2D eigenvalue weighted by Crippen LogP contribution is 2.33. The topological polar surface area (TPSA) is 70.5 Å². The van der Waals surface area contributed by atoms with Gasteiger partial charge in [0.1, 0.15) is 5.69 Å². The minimum absolute atomic E-state index is 0.0414. The number of nitrogens with zero attached hydrogens (tertiary/aromatic N) is 4. The van der Waals surface area contributed by atoms with Crippen LogP contribution in [0.25, 0.3) is 0 Å². The maximum absolute atomic E-state index is 12.9. The molecule has 4 rings (SSSR count). The van der Waals surface area contributed by atoms with Gasteiger partial charge >= 0.3 is 12.2 Å². The third-order valence-electron chi connectivity index (χ3n) is 5.82. The molecule has 3 amide bonds. The van der Waals surface area contributed by atoms with Crippen LogP contribution < -0.4 is 5.32 Å². The summed E-state index contributed by atoms with van der Waals surface area (Å²) in [6.07, 6.45) is -0.652. The Morgan fingerprint density at radius 1 is 1.26 bits per heavy atom. The van der Waals surface area contributed by atoms with Crippen LogP contribution in [0.5, 0.6) is 0 Å². The first-order chi connectivity index (χ1) is 12.8. The number of carbonyl (C=O) groups is 2. The first-order valence-electron chi connectivity index (χ1n) is 9.20. The van der Waals surface area contributed by atoms with Crippen molar-refractivity contribution < 1.29 is 22.8 Å². The van der Waals surface area contributed by atoms with E-state index in [1.165, 1.54) is 6.20 Å². The Morgan fingerprint density at radius 3 is 2.56 bits per heavy atom. The summed E-state index contributed by atoms with van der Waals surface area (Å²) in [7, 11) is 0.